The second-order valence-corrected chi connectivity index (χ2v) is 22.0. The summed E-state index contributed by atoms with van der Waals surface area (Å²) in [5, 5.41) is 24.5. The first-order valence-electron chi connectivity index (χ1n) is 24.7. The zero-order valence-corrected chi connectivity index (χ0v) is 44.7. The van der Waals surface area contributed by atoms with E-state index in [-0.39, 0.29) is 62.5 Å². The van der Waals surface area contributed by atoms with E-state index in [4.69, 9.17) is 26.7 Å². The Bertz CT molecular complexity index is 2900. The highest BCUT2D eigenvalue weighted by Crippen LogP contribution is 2.43. The second kappa shape index (κ2) is 25.2. The van der Waals surface area contributed by atoms with Gasteiger partial charge in [-0.2, -0.15) is 0 Å². The van der Waals surface area contributed by atoms with Crippen LogP contribution in [0.2, 0.25) is 0 Å². The number of carbonyl (C=O) groups is 6. The van der Waals surface area contributed by atoms with Crippen LogP contribution in [0.1, 0.15) is 93.7 Å². The molecule has 13 N–H and O–H groups in total. The van der Waals surface area contributed by atoms with E-state index in [9.17, 15) is 42.3 Å². The molecule has 6 amide bonds. The Balaban J connectivity index is 1.24. The summed E-state index contributed by atoms with van der Waals surface area (Å²) in [6, 6.07) is 13.9. The van der Waals surface area contributed by atoms with Crippen molar-refractivity contribution in [2.75, 3.05) is 19.6 Å². The number of urea groups is 1. The number of sulfonamides is 1. The van der Waals surface area contributed by atoms with Gasteiger partial charge in [-0.05, 0) is 132 Å². The minimum absolute atomic E-state index is 0.0106. The van der Waals surface area contributed by atoms with E-state index in [0.29, 0.717) is 45.7 Å². The molecular weight excluding hydrogens is 985 g/mol. The summed E-state index contributed by atoms with van der Waals surface area (Å²) in [6.45, 7) is 14.2. The quantitative estimate of drug-likeness (QED) is 0.0275. The minimum atomic E-state index is -4.16. The summed E-state index contributed by atoms with van der Waals surface area (Å²) in [7, 11) is -4.16. The van der Waals surface area contributed by atoms with Gasteiger partial charge < -0.3 is 58.4 Å². The van der Waals surface area contributed by atoms with Gasteiger partial charge in [0.25, 0.3) is 10.0 Å². The van der Waals surface area contributed by atoms with Crippen molar-refractivity contribution in [2.45, 2.75) is 141 Å². The SMILES string of the molecule is Cc1c(C)c(S(=O)(=O)NC(N)=NCCC[C@H](N)C(=O)N[C@@H](CCCNC(N)=O)C(=O)N[C@@H](Cc2ccc3ccccc3c2)C(=O)NCC(=O)N[C@H](Cc2ccc(OC(C)(C)C)cc2)C(=O)O)c(C)c2c1OC(C)(C)C2. The van der Waals surface area contributed by atoms with Crippen molar-refractivity contribution in [2.24, 2.45) is 22.2 Å². The number of carboxylic acids is 1. The molecule has 21 nitrogen and oxygen atoms in total. The average Bonchev–Trinajstić information content (AvgIpc) is 3.67. The molecule has 5 rings (SSSR count). The Morgan fingerprint density at radius 2 is 1.41 bits per heavy atom. The third-order valence-corrected chi connectivity index (χ3v) is 14.1. The molecule has 0 bridgehead atoms. The van der Waals surface area contributed by atoms with Crippen LogP contribution >= 0.6 is 0 Å². The number of nitrogens with two attached hydrogens (primary N) is 3. The fourth-order valence-corrected chi connectivity index (χ4v) is 10.2. The van der Waals surface area contributed by atoms with E-state index in [1.165, 1.54) is 0 Å². The van der Waals surface area contributed by atoms with Crippen molar-refractivity contribution in [3.05, 3.63) is 100 Å². The molecule has 4 atom stereocenters. The molecule has 1 aliphatic heterocycles. The van der Waals surface area contributed by atoms with E-state index in [1.54, 1.807) is 44.2 Å². The Morgan fingerprint density at radius 3 is 2.07 bits per heavy atom. The number of amides is 6. The molecule has 0 spiro atoms. The van der Waals surface area contributed by atoms with E-state index >= 15 is 0 Å². The number of nitrogens with one attached hydrogen (secondary N) is 6. The van der Waals surface area contributed by atoms with E-state index in [2.05, 4.69) is 36.3 Å². The van der Waals surface area contributed by atoms with Crippen molar-refractivity contribution >= 4 is 62.4 Å². The molecule has 0 saturated carbocycles. The molecule has 0 radical (unpaired) electrons. The first-order valence-corrected chi connectivity index (χ1v) is 26.2. The lowest BCUT2D eigenvalue weighted by Gasteiger charge is -2.24. The third kappa shape index (κ3) is 17.0. The topological polar surface area (TPSA) is 338 Å². The molecule has 22 heteroatoms. The van der Waals surface area contributed by atoms with Crippen molar-refractivity contribution in [3.63, 3.8) is 0 Å². The highest BCUT2D eigenvalue weighted by molar-refractivity contribution is 7.90. The number of fused-ring (bicyclic) bond motifs is 2. The van der Waals surface area contributed by atoms with Gasteiger partial charge in [-0.1, -0.05) is 54.6 Å². The van der Waals surface area contributed by atoms with Crippen molar-refractivity contribution < 1.29 is 51.8 Å². The molecule has 0 saturated heterocycles. The Hall–Kier alpha value is -7.46. The molecule has 1 aliphatic rings. The summed E-state index contributed by atoms with van der Waals surface area (Å²) in [4.78, 5) is 82.8. The van der Waals surface area contributed by atoms with Crippen LogP contribution in [0.15, 0.2) is 76.6 Å². The Morgan fingerprint density at radius 1 is 0.773 bits per heavy atom. The molecule has 0 fully saturated rings. The zero-order chi connectivity index (χ0) is 55.4. The van der Waals surface area contributed by atoms with Crippen molar-refractivity contribution in [3.8, 4) is 11.5 Å². The summed E-state index contributed by atoms with van der Waals surface area (Å²) >= 11 is 0. The first kappa shape index (κ1) is 58.4. The lowest BCUT2D eigenvalue weighted by molar-refractivity contribution is -0.141. The molecule has 0 aromatic heterocycles. The summed E-state index contributed by atoms with van der Waals surface area (Å²) < 4.78 is 41.6. The molecule has 4 aromatic rings. The van der Waals surface area contributed by atoms with Crippen LogP contribution in [0.5, 0.6) is 11.5 Å². The molecule has 75 heavy (non-hydrogen) atoms. The minimum Gasteiger partial charge on any atom is -0.488 e. The third-order valence-electron chi connectivity index (χ3n) is 12.4. The lowest BCUT2D eigenvalue weighted by Crippen LogP contribution is -2.57. The molecular formula is C53H72N10O11S. The Kier molecular flexibility index (Phi) is 19.6. The number of nitrogens with zero attached hydrogens (tertiary/aromatic N) is 1. The maximum atomic E-state index is 14.2. The van der Waals surface area contributed by atoms with Crippen LogP contribution in [-0.2, 0) is 53.3 Å². The number of hydrogen-bond acceptors (Lipinski definition) is 12. The number of primary amides is 1. The first-order chi connectivity index (χ1) is 35.1. The fourth-order valence-electron chi connectivity index (χ4n) is 8.68. The smallest absolute Gasteiger partial charge is 0.326 e. The maximum absolute atomic E-state index is 14.2. The summed E-state index contributed by atoms with van der Waals surface area (Å²) in [5.74, 6) is -3.47. The number of carboxylic acid groups (broad SMARTS) is 1. The predicted molar refractivity (Wildman–Crippen MR) is 285 cm³/mol. The number of benzene rings is 4. The van der Waals surface area contributed by atoms with Crippen LogP contribution < -0.4 is 58.0 Å². The largest absolute Gasteiger partial charge is 0.488 e. The van der Waals surface area contributed by atoms with Crippen LogP contribution in [0.25, 0.3) is 10.8 Å². The van der Waals surface area contributed by atoms with Crippen LogP contribution in [-0.4, -0.2) is 110 Å². The number of rotatable bonds is 24. The van der Waals surface area contributed by atoms with Gasteiger partial charge in [0.1, 0.15) is 40.8 Å². The van der Waals surface area contributed by atoms with Gasteiger partial charge in [0.15, 0.2) is 0 Å². The van der Waals surface area contributed by atoms with Gasteiger partial charge in [0.2, 0.25) is 29.6 Å². The van der Waals surface area contributed by atoms with E-state index in [1.807, 2.05) is 77.9 Å². The summed E-state index contributed by atoms with van der Waals surface area (Å²) in [5.41, 5.74) is 20.5. The van der Waals surface area contributed by atoms with E-state index in [0.717, 1.165) is 16.3 Å². The molecule has 406 valence electrons. The number of aliphatic imine (C=N–C) groups is 1. The van der Waals surface area contributed by atoms with Gasteiger partial charge in [-0.25, -0.2) is 22.7 Å². The van der Waals surface area contributed by atoms with Crippen molar-refractivity contribution in [1.82, 2.24) is 31.3 Å². The van der Waals surface area contributed by atoms with Gasteiger partial charge in [0.05, 0.1) is 17.5 Å². The second-order valence-electron chi connectivity index (χ2n) is 20.4. The monoisotopic (exact) mass is 1060 g/mol. The van der Waals surface area contributed by atoms with E-state index < -0.39 is 87.6 Å². The van der Waals surface area contributed by atoms with Gasteiger partial charge in [0, 0.05) is 37.9 Å². The number of hydrogen-bond donors (Lipinski definition) is 10. The lowest BCUT2D eigenvalue weighted by atomic mass is 9.94. The highest BCUT2D eigenvalue weighted by Gasteiger charge is 2.37. The molecule has 4 aromatic carbocycles. The van der Waals surface area contributed by atoms with Crippen molar-refractivity contribution in [1.29, 1.82) is 0 Å². The predicted octanol–water partition coefficient (Wildman–Crippen LogP) is 2.95. The number of guanidine groups is 1. The fraction of sp³-hybridized carbons (Fsp3) is 0.453. The molecule has 1 heterocycles. The van der Waals surface area contributed by atoms with Gasteiger partial charge in [-0.15, -0.1) is 0 Å². The average molecular weight is 1060 g/mol. The molecule has 0 aliphatic carbocycles. The standard InChI is InChI=1S/C53H72N10O11S/c1-30-31(2)45(32(3)38-28-53(7,8)74-44(30)38)75(71,72)63-50(55)57-23-11-15-39(54)46(65)61-40(16-12-24-58-51(56)70)48(67)62-41(27-34-17-20-35-13-9-10-14-36(35)25-34)47(66)59-29-43(64)60-42(49(68)69)26-33-18-21-37(22-19-33)73-52(4,5)6/h9-10,13-14,17-22,25,39-42H,11-12,15-16,23-24,26-29,54H2,1-8H3,(H,59,66)(H,60,64)(H,61,65)(H,62,67)(H,68,69)(H3,55,57,63)(H3,56,58,70)/t39-,40-,41-,42+/m0/s1. The zero-order valence-electron chi connectivity index (χ0n) is 43.8. The number of aliphatic carboxylic acids is 1. The Labute approximate surface area is 438 Å². The molecule has 0 unspecified atom stereocenters. The van der Waals surface area contributed by atoms with Gasteiger partial charge >= 0.3 is 12.0 Å². The maximum Gasteiger partial charge on any atom is 0.326 e. The normalized spacial score (nSPS) is 14.8. The van der Waals surface area contributed by atoms with Crippen LogP contribution in [0, 0.1) is 20.8 Å². The number of carbonyl (C=O) groups excluding carboxylic acids is 5. The van der Waals surface area contributed by atoms with Crippen LogP contribution in [0.4, 0.5) is 4.79 Å². The highest BCUT2D eigenvalue weighted by atomic mass is 32.2. The van der Waals surface area contributed by atoms with Gasteiger partial charge in [-0.3, -0.25) is 24.2 Å². The van der Waals surface area contributed by atoms with Crippen LogP contribution in [0.3, 0.4) is 0 Å². The number of ether oxygens (including phenoxy) is 2. The summed E-state index contributed by atoms with van der Waals surface area (Å²) in [6.07, 6.45) is 0.779.